The van der Waals surface area contributed by atoms with Crippen molar-refractivity contribution in [2.24, 2.45) is 0 Å². The maximum Gasteiger partial charge on any atom is 0.409 e. The van der Waals surface area contributed by atoms with Crippen LogP contribution in [-0.4, -0.2) is 114 Å². The van der Waals surface area contributed by atoms with E-state index in [1.165, 1.54) is 0 Å². The number of aromatic nitrogens is 2. The zero-order valence-electron chi connectivity index (χ0n) is 24.6. The van der Waals surface area contributed by atoms with Crippen LogP contribution in [0, 0.1) is 0 Å². The number of nitrogens with one attached hydrogen (secondary N) is 1. The average Bonchev–Trinajstić information content (AvgIpc) is 3.05. The third-order valence-corrected chi connectivity index (χ3v) is 7.39. The summed E-state index contributed by atoms with van der Waals surface area (Å²) in [5.41, 5.74) is 0.797. The summed E-state index contributed by atoms with van der Waals surface area (Å²) in [7, 11) is 0. The van der Waals surface area contributed by atoms with Crippen LogP contribution in [0.5, 0.6) is 0 Å². The highest BCUT2D eigenvalue weighted by Crippen LogP contribution is 2.21. The molecule has 1 atom stereocenters. The molecule has 2 N–H and O–H groups in total. The number of hydrogen-bond donors (Lipinski definition) is 2. The number of amides is 3. The fraction of sp³-hybridized carbons (Fsp3) is 0.533. The van der Waals surface area contributed by atoms with Gasteiger partial charge in [-0.2, -0.15) is 0 Å². The summed E-state index contributed by atoms with van der Waals surface area (Å²) in [4.78, 5) is 65.2. The SMILES string of the molecule is CCCCCOC(=O)N1CCN(C(=O)[C@H](CCC(=O)O)NC(=O)c2cc(N3CCOCC3)nc(-c3ccccc3)n2)CC1. The number of rotatable bonds is 12. The molecule has 43 heavy (non-hydrogen) atoms. The van der Waals surface area contributed by atoms with Crippen LogP contribution < -0.4 is 10.2 Å². The molecule has 0 radical (unpaired) electrons. The molecule has 1 aromatic carbocycles. The Morgan fingerprint density at radius 2 is 1.67 bits per heavy atom. The first-order chi connectivity index (χ1) is 20.9. The molecule has 1 aromatic heterocycles. The lowest BCUT2D eigenvalue weighted by atomic mass is 10.1. The Labute approximate surface area is 251 Å². The molecule has 3 heterocycles. The largest absolute Gasteiger partial charge is 0.481 e. The minimum absolute atomic E-state index is 0.0686. The summed E-state index contributed by atoms with van der Waals surface area (Å²) in [5.74, 6) is -1.16. The van der Waals surface area contributed by atoms with Gasteiger partial charge in [0, 0.05) is 57.3 Å². The second kappa shape index (κ2) is 15.8. The monoisotopic (exact) mass is 596 g/mol. The van der Waals surface area contributed by atoms with Crippen molar-refractivity contribution < 1.29 is 33.8 Å². The van der Waals surface area contributed by atoms with Crippen molar-refractivity contribution in [1.82, 2.24) is 25.1 Å². The fourth-order valence-electron chi connectivity index (χ4n) is 4.91. The topological polar surface area (TPSA) is 154 Å². The summed E-state index contributed by atoms with van der Waals surface area (Å²) in [5, 5.41) is 12.1. The molecule has 2 aliphatic heterocycles. The summed E-state index contributed by atoms with van der Waals surface area (Å²) in [6, 6.07) is 9.77. The predicted octanol–water partition coefficient (Wildman–Crippen LogP) is 2.41. The molecule has 0 bridgehead atoms. The molecule has 0 aliphatic carbocycles. The van der Waals surface area contributed by atoms with Gasteiger partial charge in [0.2, 0.25) is 5.91 Å². The van der Waals surface area contributed by atoms with Crippen molar-refractivity contribution in [3.8, 4) is 11.4 Å². The third kappa shape index (κ3) is 9.11. The highest BCUT2D eigenvalue weighted by Gasteiger charge is 2.31. The minimum atomic E-state index is -1.09. The van der Waals surface area contributed by atoms with Gasteiger partial charge in [0.15, 0.2) is 5.82 Å². The van der Waals surface area contributed by atoms with Gasteiger partial charge in [0.25, 0.3) is 5.91 Å². The van der Waals surface area contributed by atoms with Crippen molar-refractivity contribution in [3.05, 3.63) is 42.1 Å². The van der Waals surface area contributed by atoms with Crippen molar-refractivity contribution in [2.75, 3.05) is 64.0 Å². The molecule has 13 heteroatoms. The maximum atomic E-state index is 13.6. The van der Waals surface area contributed by atoms with Gasteiger partial charge in [-0.25, -0.2) is 14.8 Å². The molecule has 0 unspecified atom stereocenters. The predicted molar refractivity (Wildman–Crippen MR) is 158 cm³/mol. The number of piperazine rings is 1. The van der Waals surface area contributed by atoms with E-state index >= 15 is 0 Å². The molecule has 2 aliphatic rings. The van der Waals surface area contributed by atoms with Crippen LogP contribution in [0.15, 0.2) is 36.4 Å². The van der Waals surface area contributed by atoms with Gasteiger partial charge in [-0.3, -0.25) is 14.4 Å². The van der Waals surface area contributed by atoms with Gasteiger partial charge in [-0.05, 0) is 12.8 Å². The molecule has 0 spiro atoms. The molecule has 2 fully saturated rings. The number of carbonyl (C=O) groups excluding carboxylic acids is 3. The van der Waals surface area contributed by atoms with E-state index in [0.29, 0.717) is 44.6 Å². The number of hydrogen-bond acceptors (Lipinski definition) is 9. The Morgan fingerprint density at radius 1 is 0.977 bits per heavy atom. The molecular formula is C30H40N6O7. The van der Waals surface area contributed by atoms with Crippen LogP contribution in [-0.2, 0) is 19.1 Å². The van der Waals surface area contributed by atoms with E-state index in [-0.39, 0.29) is 44.7 Å². The number of carbonyl (C=O) groups is 4. The van der Waals surface area contributed by atoms with Crippen LogP contribution in [0.3, 0.4) is 0 Å². The lowest BCUT2D eigenvalue weighted by Gasteiger charge is -2.36. The van der Waals surface area contributed by atoms with E-state index < -0.39 is 29.9 Å². The second-order valence-corrected chi connectivity index (χ2v) is 10.5. The van der Waals surface area contributed by atoms with Crippen LogP contribution >= 0.6 is 0 Å². The summed E-state index contributed by atoms with van der Waals surface area (Å²) >= 11 is 0. The van der Waals surface area contributed by atoms with Gasteiger partial charge < -0.3 is 34.6 Å². The first-order valence-corrected chi connectivity index (χ1v) is 14.9. The van der Waals surface area contributed by atoms with E-state index in [2.05, 4.69) is 22.2 Å². The first-order valence-electron chi connectivity index (χ1n) is 14.9. The summed E-state index contributed by atoms with van der Waals surface area (Å²) in [6.45, 7) is 5.75. The number of carboxylic acid groups (broad SMARTS) is 1. The van der Waals surface area contributed by atoms with E-state index in [1.54, 1.807) is 15.9 Å². The molecule has 4 rings (SSSR count). The lowest BCUT2D eigenvalue weighted by molar-refractivity contribution is -0.138. The van der Waals surface area contributed by atoms with E-state index in [4.69, 9.17) is 9.47 Å². The second-order valence-electron chi connectivity index (χ2n) is 10.5. The summed E-state index contributed by atoms with van der Waals surface area (Å²) in [6.07, 6.45) is 2.01. The van der Waals surface area contributed by atoms with Crippen LogP contribution in [0.25, 0.3) is 11.4 Å². The number of unbranched alkanes of at least 4 members (excludes halogenated alkanes) is 2. The van der Waals surface area contributed by atoms with Gasteiger partial charge in [0.05, 0.1) is 19.8 Å². The standard InChI is InChI=1S/C30H40N6O7/c1-2-3-7-18-43-30(41)36-14-12-35(13-15-36)29(40)23(10-11-26(37)38)32-28(39)24-21-25(34-16-19-42-20-17-34)33-27(31-24)22-8-5-4-6-9-22/h4-6,8-9,21,23H,2-3,7,10-20H2,1H3,(H,32,39)(H,37,38)/t23-/m0/s1. The Morgan fingerprint density at radius 3 is 2.35 bits per heavy atom. The average molecular weight is 597 g/mol. The van der Waals surface area contributed by atoms with Gasteiger partial charge in [0.1, 0.15) is 17.6 Å². The molecule has 2 saturated heterocycles. The highest BCUT2D eigenvalue weighted by atomic mass is 16.6. The first kappa shape index (κ1) is 31.7. The smallest absolute Gasteiger partial charge is 0.409 e. The van der Waals surface area contributed by atoms with E-state index in [1.807, 2.05) is 35.2 Å². The molecule has 2 aromatic rings. The fourth-order valence-corrected chi connectivity index (χ4v) is 4.91. The Kier molecular flexibility index (Phi) is 11.7. The zero-order chi connectivity index (χ0) is 30.6. The number of aliphatic carboxylic acids is 1. The van der Waals surface area contributed by atoms with Crippen molar-refractivity contribution in [2.45, 2.75) is 45.1 Å². The van der Waals surface area contributed by atoms with Gasteiger partial charge in [-0.1, -0.05) is 50.1 Å². The van der Waals surface area contributed by atoms with Crippen LogP contribution in [0.4, 0.5) is 10.6 Å². The van der Waals surface area contributed by atoms with Crippen molar-refractivity contribution >= 4 is 29.7 Å². The van der Waals surface area contributed by atoms with Gasteiger partial charge in [-0.15, -0.1) is 0 Å². The number of nitrogens with zero attached hydrogens (tertiary/aromatic N) is 5. The maximum absolute atomic E-state index is 13.6. The molecule has 3 amide bonds. The highest BCUT2D eigenvalue weighted by molar-refractivity contribution is 5.97. The van der Waals surface area contributed by atoms with E-state index in [0.717, 1.165) is 24.8 Å². The Balaban J connectivity index is 1.47. The minimum Gasteiger partial charge on any atom is -0.481 e. The van der Waals surface area contributed by atoms with Crippen LogP contribution in [0.2, 0.25) is 0 Å². The number of benzene rings is 1. The zero-order valence-corrected chi connectivity index (χ0v) is 24.6. The normalized spacial score (nSPS) is 16.0. The third-order valence-electron chi connectivity index (χ3n) is 7.39. The molecular weight excluding hydrogens is 556 g/mol. The van der Waals surface area contributed by atoms with Crippen LogP contribution in [0.1, 0.15) is 49.5 Å². The molecule has 0 saturated carbocycles. The Bertz CT molecular complexity index is 1250. The van der Waals surface area contributed by atoms with Gasteiger partial charge >= 0.3 is 12.1 Å². The number of carboxylic acids is 1. The van der Waals surface area contributed by atoms with E-state index in [9.17, 15) is 24.3 Å². The number of ether oxygens (including phenoxy) is 2. The van der Waals surface area contributed by atoms with Crippen molar-refractivity contribution in [3.63, 3.8) is 0 Å². The lowest BCUT2D eigenvalue weighted by Crippen LogP contribution is -2.56. The number of morpholine rings is 1. The Hall–Kier alpha value is -4.26. The van der Waals surface area contributed by atoms with Crippen molar-refractivity contribution in [1.29, 1.82) is 0 Å². The quantitative estimate of drug-likeness (QED) is 0.349. The molecule has 232 valence electrons. The molecule has 13 nitrogen and oxygen atoms in total. The number of anilines is 1. The summed E-state index contributed by atoms with van der Waals surface area (Å²) < 4.78 is 10.8.